The van der Waals surface area contributed by atoms with Crippen LogP contribution in [-0.4, -0.2) is 52.4 Å². The first-order valence-electron chi connectivity index (χ1n) is 6.82. The summed E-state index contributed by atoms with van der Waals surface area (Å²) in [5.74, 6) is -1.23. The van der Waals surface area contributed by atoms with E-state index >= 15 is 0 Å². The van der Waals surface area contributed by atoms with Gasteiger partial charge in [-0.05, 0) is 20.3 Å². The summed E-state index contributed by atoms with van der Waals surface area (Å²) in [7, 11) is 0. The van der Waals surface area contributed by atoms with Gasteiger partial charge >= 0.3 is 0 Å². The molecule has 0 aromatic heterocycles. The maximum Gasteiger partial charge on any atom is 0.252 e. The van der Waals surface area contributed by atoms with Crippen LogP contribution >= 0.6 is 0 Å². The van der Waals surface area contributed by atoms with Crippen molar-refractivity contribution in [1.82, 2.24) is 5.32 Å². The number of fused-ring (bicyclic) bond motifs is 1. The molecule has 4 atom stereocenters. The van der Waals surface area contributed by atoms with Crippen molar-refractivity contribution in [2.75, 3.05) is 6.54 Å². The van der Waals surface area contributed by atoms with Crippen LogP contribution in [0.5, 0.6) is 0 Å². The van der Waals surface area contributed by atoms with E-state index in [1.165, 1.54) is 0 Å². The minimum atomic E-state index is -1.58. The lowest BCUT2D eigenvalue weighted by Crippen LogP contribution is -2.58. The van der Waals surface area contributed by atoms with E-state index in [0.717, 1.165) is 6.42 Å². The van der Waals surface area contributed by atoms with E-state index < -0.39 is 35.6 Å². The summed E-state index contributed by atoms with van der Waals surface area (Å²) < 4.78 is 11.3. The number of hydrogen-bond donors (Lipinski definition) is 3. The second-order valence-corrected chi connectivity index (χ2v) is 5.90. The first kappa shape index (κ1) is 14.7. The van der Waals surface area contributed by atoms with Gasteiger partial charge in [-0.15, -0.1) is 0 Å². The molecule has 2 rings (SSSR count). The predicted octanol–water partition coefficient (Wildman–Crippen LogP) is -0.0815. The SMILES string of the molecule is CCCNC(=O)C1(O)CC(O)C2OC(C)(C)OC2C1. The van der Waals surface area contributed by atoms with Gasteiger partial charge in [-0.25, -0.2) is 0 Å². The molecule has 110 valence electrons. The molecular weight excluding hydrogens is 250 g/mol. The zero-order chi connectivity index (χ0) is 14.3. The molecule has 6 nitrogen and oxygen atoms in total. The minimum absolute atomic E-state index is 0.0246. The maximum absolute atomic E-state index is 12.0. The molecule has 3 N–H and O–H groups in total. The molecule has 19 heavy (non-hydrogen) atoms. The largest absolute Gasteiger partial charge is 0.390 e. The summed E-state index contributed by atoms with van der Waals surface area (Å²) in [6.45, 7) is 5.96. The number of nitrogens with one attached hydrogen (secondary N) is 1. The lowest BCUT2D eigenvalue weighted by atomic mass is 9.79. The highest BCUT2D eigenvalue weighted by Crippen LogP contribution is 2.40. The van der Waals surface area contributed by atoms with Gasteiger partial charge in [0.05, 0.1) is 12.2 Å². The predicted molar refractivity (Wildman–Crippen MR) is 67.3 cm³/mol. The third-order valence-electron chi connectivity index (χ3n) is 3.64. The summed E-state index contributed by atoms with van der Waals surface area (Å²) in [4.78, 5) is 12.0. The van der Waals surface area contributed by atoms with E-state index in [1.54, 1.807) is 13.8 Å². The Kier molecular flexibility index (Phi) is 3.88. The summed E-state index contributed by atoms with van der Waals surface area (Å²) in [6.07, 6.45) is -0.928. The summed E-state index contributed by atoms with van der Waals surface area (Å²) >= 11 is 0. The number of hydrogen-bond acceptors (Lipinski definition) is 5. The summed E-state index contributed by atoms with van der Waals surface area (Å²) in [6, 6.07) is 0. The number of carbonyl (C=O) groups excluding carboxylic acids is 1. The van der Waals surface area contributed by atoms with Crippen LogP contribution in [0.1, 0.15) is 40.0 Å². The van der Waals surface area contributed by atoms with Crippen LogP contribution < -0.4 is 5.32 Å². The van der Waals surface area contributed by atoms with Crippen molar-refractivity contribution in [2.45, 2.75) is 69.7 Å². The standard InChI is InChI=1S/C13H23NO5/c1-4-5-14-11(16)13(17)6-8(15)10-9(7-13)18-12(2,3)19-10/h8-10,15,17H,4-7H2,1-3H3,(H,14,16). The summed E-state index contributed by atoms with van der Waals surface area (Å²) in [5.41, 5.74) is -1.58. The third kappa shape index (κ3) is 2.91. The van der Waals surface area contributed by atoms with E-state index in [-0.39, 0.29) is 12.8 Å². The first-order chi connectivity index (χ1) is 8.77. The minimum Gasteiger partial charge on any atom is -0.390 e. The van der Waals surface area contributed by atoms with Crippen LogP contribution in [-0.2, 0) is 14.3 Å². The van der Waals surface area contributed by atoms with Gasteiger partial charge in [-0.2, -0.15) is 0 Å². The van der Waals surface area contributed by atoms with Crippen LogP contribution in [0.15, 0.2) is 0 Å². The van der Waals surface area contributed by atoms with Gasteiger partial charge in [0, 0.05) is 19.4 Å². The van der Waals surface area contributed by atoms with Gasteiger partial charge in [0.1, 0.15) is 11.7 Å². The maximum atomic E-state index is 12.0. The lowest BCUT2D eigenvalue weighted by molar-refractivity contribution is -0.158. The Morgan fingerprint density at radius 3 is 2.68 bits per heavy atom. The Hall–Kier alpha value is -0.690. The van der Waals surface area contributed by atoms with Crippen molar-refractivity contribution in [3.8, 4) is 0 Å². The number of rotatable bonds is 3. The Bertz CT molecular complexity index is 359. The second kappa shape index (κ2) is 5.01. The van der Waals surface area contributed by atoms with Crippen molar-refractivity contribution in [3.05, 3.63) is 0 Å². The van der Waals surface area contributed by atoms with Gasteiger partial charge in [0.25, 0.3) is 5.91 Å². The molecule has 1 aliphatic carbocycles. The Morgan fingerprint density at radius 1 is 1.37 bits per heavy atom. The number of aliphatic hydroxyl groups is 2. The van der Waals surface area contributed by atoms with Crippen molar-refractivity contribution < 1.29 is 24.5 Å². The van der Waals surface area contributed by atoms with E-state index in [2.05, 4.69) is 5.32 Å². The van der Waals surface area contributed by atoms with Crippen molar-refractivity contribution in [3.63, 3.8) is 0 Å². The molecule has 1 saturated carbocycles. The molecule has 0 spiro atoms. The molecular formula is C13H23NO5. The Labute approximate surface area is 113 Å². The number of carbonyl (C=O) groups is 1. The molecule has 0 aromatic rings. The van der Waals surface area contributed by atoms with Crippen LogP contribution in [0.2, 0.25) is 0 Å². The normalized spacial score (nSPS) is 40.8. The smallest absolute Gasteiger partial charge is 0.252 e. The van der Waals surface area contributed by atoms with E-state index in [9.17, 15) is 15.0 Å². The fourth-order valence-corrected chi connectivity index (χ4v) is 2.81. The van der Waals surface area contributed by atoms with Crippen molar-refractivity contribution in [2.24, 2.45) is 0 Å². The molecule has 1 amide bonds. The third-order valence-corrected chi connectivity index (χ3v) is 3.64. The first-order valence-corrected chi connectivity index (χ1v) is 6.82. The highest BCUT2D eigenvalue weighted by molar-refractivity contribution is 5.85. The lowest BCUT2D eigenvalue weighted by Gasteiger charge is -2.38. The Balaban J connectivity index is 2.08. The van der Waals surface area contributed by atoms with Crippen LogP contribution in [0.4, 0.5) is 0 Å². The average Bonchev–Trinajstić information content (AvgIpc) is 2.60. The fourth-order valence-electron chi connectivity index (χ4n) is 2.81. The van der Waals surface area contributed by atoms with E-state index in [4.69, 9.17) is 9.47 Å². The van der Waals surface area contributed by atoms with Gasteiger partial charge < -0.3 is 25.0 Å². The number of ether oxygens (including phenoxy) is 2. The molecule has 4 unspecified atom stereocenters. The van der Waals surface area contributed by atoms with Gasteiger partial charge in [0.15, 0.2) is 5.79 Å². The van der Waals surface area contributed by atoms with Gasteiger partial charge in [-0.3, -0.25) is 4.79 Å². The molecule has 1 heterocycles. The van der Waals surface area contributed by atoms with Crippen molar-refractivity contribution >= 4 is 5.91 Å². The molecule has 1 aliphatic heterocycles. The quantitative estimate of drug-likeness (QED) is 0.669. The van der Waals surface area contributed by atoms with E-state index in [0.29, 0.717) is 6.54 Å². The molecule has 2 fully saturated rings. The molecule has 0 bridgehead atoms. The second-order valence-electron chi connectivity index (χ2n) is 5.90. The van der Waals surface area contributed by atoms with Crippen molar-refractivity contribution in [1.29, 1.82) is 0 Å². The van der Waals surface area contributed by atoms with E-state index in [1.807, 2.05) is 6.92 Å². The van der Waals surface area contributed by atoms with Gasteiger partial charge in [-0.1, -0.05) is 6.92 Å². The average molecular weight is 273 g/mol. The van der Waals surface area contributed by atoms with Crippen LogP contribution in [0.3, 0.4) is 0 Å². The topological polar surface area (TPSA) is 88.0 Å². The highest BCUT2D eigenvalue weighted by Gasteiger charge is 2.55. The summed E-state index contributed by atoms with van der Waals surface area (Å²) in [5, 5.41) is 23.2. The fraction of sp³-hybridized carbons (Fsp3) is 0.923. The number of amides is 1. The molecule has 0 aromatic carbocycles. The monoisotopic (exact) mass is 273 g/mol. The molecule has 0 radical (unpaired) electrons. The molecule has 6 heteroatoms. The zero-order valence-electron chi connectivity index (χ0n) is 11.7. The van der Waals surface area contributed by atoms with Crippen LogP contribution in [0.25, 0.3) is 0 Å². The van der Waals surface area contributed by atoms with Crippen LogP contribution in [0, 0.1) is 0 Å². The zero-order valence-corrected chi connectivity index (χ0v) is 11.7. The van der Waals surface area contributed by atoms with Gasteiger partial charge in [0.2, 0.25) is 0 Å². The highest BCUT2D eigenvalue weighted by atomic mass is 16.8. The molecule has 1 saturated heterocycles. The molecule has 2 aliphatic rings. The number of aliphatic hydroxyl groups excluding tert-OH is 1. The Morgan fingerprint density at radius 2 is 2.05 bits per heavy atom.